The predicted octanol–water partition coefficient (Wildman–Crippen LogP) is 2.74. The van der Waals surface area contributed by atoms with E-state index in [2.05, 4.69) is 10.6 Å². The summed E-state index contributed by atoms with van der Waals surface area (Å²) in [4.78, 5) is 48.3. The van der Waals surface area contributed by atoms with Gasteiger partial charge in [-0.2, -0.15) is 0 Å². The number of hydrogen-bond donors (Lipinski definition) is 4. The van der Waals surface area contributed by atoms with Crippen LogP contribution in [-0.2, 0) is 9.59 Å². The number of aliphatic carboxylic acids is 2. The van der Waals surface area contributed by atoms with Gasteiger partial charge in [-0.1, -0.05) is 33.6 Å². The monoisotopic (exact) mass is 406 g/mol. The summed E-state index contributed by atoms with van der Waals surface area (Å²) in [6, 6.07) is 3.43. The highest BCUT2D eigenvalue weighted by molar-refractivity contribution is 6.02. The number of carboxylic acid groups (broad SMARTS) is 2. The molecule has 0 saturated carbocycles. The molecule has 8 heteroatoms. The van der Waals surface area contributed by atoms with Gasteiger partial charge in [0.15, 0.2) is 0 Å². The van der Waals surface area contributed by atoms with E-state index in [0.29, 0.717) is 18.4 Å². The summed E-state index contributed by atoms with van der Waals surface area (Å²) in [5, 5.41) is 23.9. The second-order valence-corrected chi connectivity index (χ2v) is 7.19. The van der Waals surface area contributed by atoms with Crippen molar-refractivity contribution in [1.29, 1.82) is 0 Å². The van der Waals surface area contributed by atoms with E-state index in [-0.39, 0.29) is 30.4 Å². The standard InChI is InChI=1S/C21H30N2O6/c1-5-8-16(19(26)27)22-17(24)14-10-13(4)11-15(12-14)18(25)23-21(7-3,9-6-2)20(28)29/h10-12,16H,5-9H2,1-4H3,(H,22,24)(H,23,25)(H,26,27)(H,28,29). The van der Waals surface area contributed by atoms with Crippen LogP contribution in [0.4, 0.5) is 0 Å². The van der Waals surface area contributed by atoms with Gasteiger partial charge in [0, 0.05) is 11.1 Å². The van der Waals surface area contributed by atoms with Crippen molar-refractivity contribution in [2.24, 2.45) is 0 Å². The molecule has 2 amide bonds. The molecular weight excluding hydrogens is 376 g/mol. The van der Waals surface area contributed by atoms with Crippen LogP contribution in [0.2, 0.25) is 0 Å². The SMILES string of the molecule is CCCC(NC(=O)c1cc(C)cc(C(=O)NC(CC)(CCC)C(=O)O)c1)C(=O)O. The lowest BCUT2D eigenvalue weighted by atomic mass is 9.90. The minimum absolute atomic E-state index is 0.144. The first-order valence-corrected chi connectivity index (χ1v) is 9.81. The van der Waals surface area contributed by atoms with Gasteiger partial charge >= 0.3 is 11.9 Å². The molecule has 0 spiro atoms. The number of carbonyl (C=O) groups is 4. The molecule has 1 rings (SSSR count). The van der Waals surface area contributed by atoms with E-state index in [1.165, 1.54) is 6.07 Å². The molecular formula is C21H30N2O6. The Hall–Kier alpha value is -2.90. The van der Waals surface area contributed by atoms with Crippen LogP contribution < -0.4 is 10.6 Å². The van der Waals surface area contributed by atoms with Gasteiger partial charge < -0.3 is 20.8 Å². The summed E-state index contributed by atoms with van der Waals surface area (Å²) in [7, 11) is 0. The predicted molar refractivity (Wildman–Crippen MR) is 108 cm³/mol. The van der Waals surface area contributed by atoms with Crippen molar-refractivity contribution in [1.82, 2.24) is 10.6 Å². The summed E-state index contributed by atoms with van der Waals surface area (Å²) in [5.41, 5.74) is -0.468. The van der Waals surface area contributed by atoms with E-state index < -0.39 is 35.3 Å². The van der Waals surface area contributed by atoms with Gasteiger partial charge in [0.25, 0.3) is 11.8 Å². The van der Waals surface area contributed by atoms with Crippen molar-refractivity contribution in [2.75, 3.05) is 0 Å². The lowest BCUT2D eigenvalue weighted by molar-refractivity contribution is -0.145. The second kappa shape index (κ2) is 10.6. The fraction of sp³-hybridized carbons (Fsp3) is 0.524. The number of hydrogen-bond acceptors (Lipinski definition) is 4. The molecule has 0 heterocycles. The topological polar surface area (TPSA) is 133 Å². The van der Waals surface area contributed by atoms with Crippen molar-refractivity contribution in [3.8, 4) is 0 Å². The Morgan fingerprint density at radius 2 is 1.55 bits per heavy atom. The molecule has 29 heavy (non-hydrogen) atoms. The molecule has 0 radical (unpaired) electrons. The van der Waals surface area contributed by atoms with Crippen LogP contribution in [-0.4, -0.2) is 45.5 Å². The van der Waals surface area contributed by atoms with Crippen LogP contribution in [0.15, 0.2) is 18.2 Å². The smallest absolute Gasteiger partial charge is 0.329 e. The maximum Gasteiger partial charge on any atom is 0.329 e. The Morgan fingerprint density at radius 1 is 0.966 bits per heavy atom. The van der Waals surface area contributed by atoms with E-state index in [0.717, 1.165) is 0 Å². The largest absolute Gasteiger partial charge is 0.480 e. The fourth-order valence-electron chi connectivity index (χ4n) is 3.19. The van der Waals surface area contributed by atoms with E-state index in [1.54, 1.807) is 26.0 Å². The molecule has 0 aromatic heterocycles. The number of carbonyl (C=O) groups excluding carboxylic acids is 2. The molecule has 4 N–H and O–H groups in total. The molecule has 1 aromatic rings. The number of nitrogens with one attached hydrogen (secondary N) is 2. The Morgan fingerprint density at radius 3 is 2.00 bits per heavy atom. The second-order valence-electron chi connectivity index (χ2n) is 7.19. The minimum atomic E-state index is -1.38. The number of rotatable bonds is 11. The first kappa shape index (κ1) is 24.1. The zero-order valence-electron chi connectivity index (χ0n) is 17.4. The Labute approximate surface area is 170 Å². The lowest BCUT2D eigenvalue weighted by Crippen LogP contribution is -2.54. The van der Waals surface area contributed by atoms with Crippen molar-refractivity contribution in [2.45, 2.75) is 71.4 Å². The number of benzene rings is 1. The highest BCUT2D eigenvalue weighted by atomic mass is 16.4. The van der Waals surface area contributed by atoms with Gasteiger partial charge in [-0.3, -0.25) is 9.59 Å². The molecule has 2 atom stereocenters. The third-order valence-electron chi connectivity index (χ3n) is 4.83. The summed E-state index contributed by atoms with van der Waals surface area (Å²) in [6.45, 7) is 7.04. The van der Waals surface area contributed by atoms with Crippen molar-refractivity contribution < 1.29 is 29.4 Å². The van der Waals surface area contributed by atoms with E-state index >= 15 is 0 Å². The zero-order valence-corrected chi connectivity index (χ0v) is 17.4. The Balaban J connectivity index is 3.15. The van der Waals surface area contributed by atoms with E-state index in [9.17, 15) is 29.4 Å². The lowest BCUT2D eigenvalue weighted by Gasteiger charge is -2.29. The van der Waals surface area contributed by atoms with Crippen LogP contribution in [0.1, 0.15) is 79.2 Å². The molecule has 2 unspecified atom stereocenters. The van der Waals surface area contributed by atoms with Gasteiger partial charge in [-0.25, -0.2) is 9.59 Å². The maximum absolute atomic E-state index is 12.8. The van der Waals surface area contributed by atoms with Gasteiger partial charge in [0.05, 0.1) is 0 Å². The van der Waals surface area contributed by atoms with Crippen LogP contribution in [0.25, 0.3) is 0 Å². The van der Waals surface area contributed by atoms with Crippen molar-refractivity contribution >= 4 is 23.8 Å². The summed E-state index contributed by atoms with van der Waals surface area (Å²) >= 11 is 0. The molecule has 0 bridgehead atoms. The summed E-state index contributed by atoms with van der Waals surface area (Å²) in [6.07, 6.45) is 1.95. The first-order chi connectivity index (χ1) is 13.6. The summed E-state index contributed by atoms with van der Waals surface area (Å²) < 4.78 is 0. The molecule has 0 aliphatic heterocycles. The zero-order chi connectivity index (χ0) is 22.2. The quantitative estimate of drug-likeness (QED) is 0.447. The van der Waals surface area contributed by atoms with E-state index in [4.69, 9.17) is 0 Å². The highest BCUT2D eigenvalue weighted by Crippen LogP contribution is 2.20. The van der Waals surface area contributed by atoms with Crippen LogP contribution >= 0.6 is 0 Å². The molecule has 0 fully saturated rings. The van der Waals surface area contributed by atoms with E-state index in [1.807, 2.05) is 13.8 Å². The van der Waals surface area contributed by atoms with Gasteiger partial charge in [0.2, 0.25) is 0 Å². The number of amides is 2. The van der Waals surface area contributed by atoms with Crippen LogP contribution in [0.3, 0.4) is 0 Å². The highest BCUT2D eigenvalue weighted by Gasteiger charge is 2.37. The number of aryl methyl sites for hydroxylation is 1. The van der Waals surface area contributed by atoms with Crippen molar-refractivity contribution in [3.05, 3.63) is 34.9 Å². The minimum Gasteiger partial charge on any atom is -0.480 e. The van der Waals surface area contributed by atoms with Crippen molar-refractivity contribution in [3.63, 3.8) is 0 Å². The fourth-order valence-corrected chi connectivity index (χ4v) is 3.19. The molecule has 160 valence electrons. The molecule has 0 saturated heterocycles. The molecule has 0 aliphatic rings. The molecule has 8 nitrogen and oxygen atoms in total. The first-order valence-electron chi connectivity index (χ1n) is 9.81. The van der Waals surface area contributed by atoms with Gasteiger partial charge in [-0.15, -0.1) is 0 Å². The van der Waals surface area contributed by atoms with Gasteiger partial charge in [-0.05, 0) is 49.9 Å². The Kier molecular flexibility index (Phi) is 8.82. The summed E-state index contributed by atoms with van der Waals surface area (Å²) in [5.74, 6) is -3.43. The third kappa shape index (κ3) is 6.30. The number of carboxylic acids is 2. The van der Waals surface area contributed by atoms with Gasteiger partial charge in [0.1, 0.15) is 11.6 Å². The average molecular weight is 406 g/mol. The van der Waals surface area contributed by atoms with Crippen LogP contribution in [0, 0.1) is 6.92 Å². The average Bonchev–Trinajstić information content (AvgIpc) is 2.66. The maximum atomic E-state index is 12.8. The molecule has 0 aliphatic carbocycles. The normalized spacial score (nSPS) is 13.8. The van der Waals surface area contributed by atoms with Crippen LogP contribution in [0.5, 0.6) is 0 Å². The molecule has 1 aromatic carbocycles. The Bertz CT molecular complexity index is 776. The third-order valence-corrected chi connectivity index (χ3v) is 4.83.